The molecule has 6 heteroatoms. The molecule has 0 bridgehead atoms. The van der Waals surface area contributed by atoms with Crippen LogP contribution in [-0.2, 0) is 0 Å². The molecule has 2 aromatic heterocycles. The lowest BCUT2D eigenvalue weighted by atomic mass is 10.1. The summed E-state index contributed by atoms with van der Waals surface area (Å²) in [5.41, 5.74) is 2.20. The average molecular weight is 257 g/mol. The zero-order valence-electron chi connectivity index (χ0n) is 10.1. The first-order valence-electron chi connectivity index (χ1n) is 5.63. The minimum Gasteiger partial charge on any atom is -0.495 e. The van der Waals surface area contributed by atoms with E-state index in [4.69, 9.17) is 9.84 Å². The highest BCUT2D eigenvalue weighted by Crippen LogP contribution is 2.33. The lowest BCUT2D eigenvalue weighted by molar-refractivity contribution is 0.0698. The predicted octanol–water partition coefficient (Wildman–Crippen LogP) is 2.26. The lowest BCUT2D eigenvalue weighted by Crippen LogP contribution is -1.96. The second kappa shape index (κ2) is 4.16. The van der Waals surface area contributed by atoms with Crippen molar-refractivity contribution in [3.63, 3.8) is 0 Å². The number of nitrogens with one attached hydrogen (secondary N) is 2. The Hall–Kier alpha value is -2.76. The molecule has 1 aromatic carbocycles. The van der Waals surface area contributed by atoms with E-state index >= 15 is 0 Å². The molecule has 3 aromatic rings. The molecule has 0 aliphatic heterocycles. The molecule has 19 heavy (non-hydrogen) atoms. The van der Waals surface area contributed by atoms with Crippen molar-refractivity contribution >= 4 is 16.9 Å². The molecule has 0 radical (unpaired) electrons. The predicted molar refractivity (Wildman–Crippen MR) is 69.4 cm³/mol. The van der Waals surface area contributed by atoms with Crippen LogP contribution in [0.2, 0.25) is 0 Å². The van der Waals surface area contributed by atoms with Crippen molar-refractivity contribution in [1.29, 1.82) is 0 Å². The Morgan fingerprint density at radius 3 is 3.00 bits per heavy atom. The van der Waals surface area contributed by atoms with E-state index in [0.29, 0.717) is 11.4 Å². The number of carbonyl (C=O) groups is 1. The maximum atomic E-state index is 11.1. The largest absolute Gasteiger partial charge is 0.495 e. The van der Waals surface area contributed by atoms with Crippen LogP contribution in [0.1, 0.15) is 10.4 Å². The Bertz CT molecular complexity index is 757. The number of fused-ring (bicyclic) bond motifs is 1. The molecule has 0 saturated carbocycles. The Labute approximate surface area is 108 Å². The highest BCUT2D eigenvalue weighted by atomic mass is 16.5. The van der Waals surface area contributed by atoms with Gasteiger partial charge in [0.25, 0.3) is 0 Å². The highest BCUT2D eigenvalue weighted by Gasteiger charge is 2.17. The van der Waals surface area contributed by atoms with Gasteiger partial charge in [0.05, 0.1) is 24.5 Å². The van der Waals surface area contributed by atoms with Crippen molar-refractivity contribution < 1.29 is 14.6 Å². The van der Waals surface area contributed by atoms with Gasteiger partial charge >= 0.3 is 5.97 Å². The fourth-order valence-corrected chi connectivity index (χ4v) is 2.16. The number of nitrogens with zero attached hydrogens (tertiary/aromatic N) is 1. The first-order valence-corrected chi connectivity index (χ1v) is 5.63. The molecular weight excluding hydrogens is 246 g/mol. The number of aromatic amines is 2. The second-order valence-corrected chi connectivity index (χ2v) is 4.05. The molecular formula is C13H11N3O3. The fraction of sp³-hybridized carbons (Fsp3) is 0.0769. The summed E-state index contributed by atoms with van der Waals surface area (Å²) in [5.74, 6) is -0.305. The van der Waals surface area contributed by atoms with E-state index in [1.54, 1.807) is 13.3 Å². The van der Waals surface area contributed by atoms with Crippen molar-refractivity contribution in [3.8, 4) is 17.0 Å². The molecule has 0 amide bonds. The monoisotopic (exact) mass is 257 g/mol. The number of carboxylic acid groups (broad SMARTS) is 1. The second-order valence-electron chi connectivity index (χ2n) is 4.05. The van der Waals surface area contributed by atoms with Crippen molar-refractivity contribution in [3.05, 3.63) is 36.2 Å². The molecule has 0 fully saturated rings. The van der Waals surface area contributed by atoms with Gasteiger partial charge < -0.3 is 14.8 Å². The van der Waals surface area contributed by atoms with Gasteiger partial charge in [-0.2, -0.15) is 5.10 Å². The molecule has 0 unspecified atom stereocenters. The van der Waals surface area contributed by atoms with Gasteiger partial charge in [0, 0.05) is 17.1 Å². The number of aromatic nitrogens is 3. The Morgan fingerprint density at radius 2 is 2.26 bits per heavy atom. The zero-order chi connectivity index (χ0) is 13.4. The summed E-state index contributed by atoms with van der Waals surface area (Å²) < 4.78 is 5.26. The van der Waals surface area contributed by atoms with E-state index in [9.17, 15) is 4.79 Å². The summed E-state index contributed by atoms with van der Waals surface area (Å²) in [6, 6.07) is 5.60. The number of benzene rings is 1. The van der Waals surface area contributed by atoms with Gasteiger partial charge in [0.2, 0.25) is 0 Å². The summed E-state index contributed by atoms with van der Waals surface area (Å²) in [5, 5.41) is 16.5. The average Bonchev–Trinajstić information content (AvgIpc) is 3.03. The standard InChI is InChI=1S/C13H11N3O3/c1-19-10-4-2-3-7-8(5-14-12(7)10)11-9(13(17)18)6-15-16-11/h2-6,14H,1H3,(H,15,16)(H,17,18). The van der Waals surface area contributed by atoms with Crippen molar-refractivity contribution in [1.82, 2.24) is 15.2 Å². The number of rotatable bonds is 3. The van der Waals surface area contributed by atoms with Crippen molar-refractivity contribution in [2.24, 2.45) is 0 Å². The third-order valence-electron chi connectivity index (χ3n) is 3.04. The molecule has 6 nitrogen and oxygen atoms in total. The molecule has 0 aliphatic carbocycles. The lowest BCUT2D eigenvalue weighted by Gasteiger charge is -2.02. The number of hydrogen-bond acceptors (Lipinski definition) is 3. The first-order chi connectivity index (χ1) is 9.22. The smallest absolute Gasteiger partial charge is 0.339 e. The van der Waals surface area contributed by atoms with Gasteiger partial charge in [-0.1, -0.05) is 12.1 Å². The topological polar surface area (TPSA) is 91.0 Å². The SMILES string of the molecule is COc1cccc2c(-c3[nH]ncc3C(=O)O)c[nH]c12. The van der Waals surface area contributed by atoms with E-state index in [2.05, 4.69) is 15.2 Å². The minimum absolute atomic E-state index is 0.142. The molecule has 0 saturated heterocycles. The number of carboxylic acids is 1. The Kier molecular flexibility index (Phi) is 2.49. The van der Waals surface area contributed by atoms with Crippen LogP contribution in [0, 0.1) is 0 Å². The van der Waals surface area contributed by atoms with Crippen LogP contribution < -0.4 is 4.74 Å². The molecule has 0 aliphatic rings. The molecule has 2 heterocycles. The Balaban J connectivity index is 2.26. The van der Waals surface area contributed by atoms with E-state index < -0.39 is 5.97 Å². The number of hydrogen-bond donors (Lipinski definition) is 3. The van der Waals surface area contributed by atoms with Crippen LogP contribution in [0.4, 0.5) is 0 Å². The number of para-hydroxylation sites is 1. The van der Waals surface area contributed by atoms with Crippen LogP contribution in [0.5, 0.6) is 5.75 Å². The molecule has 96 valence electrons. The molecule has 0 spiro atoms. The molecule has 0 atom stereocenters. The van der Waals surface area contributed by atoms with Crippen LogP contribution in [0.25, 0.3) is 22.2 Å². The van der Waals surface area contributed by atoms with Gasteiger partial charge in [-0.25, -0.2) is 4.79 Å². The normalized spacial score (nSPS) is 10.8. The summed E-state index contributed by atoms with van der Waals surface area (Å²) in [4.78, 5) is 14.2. The Morgan fingerprint density at radius 1 is 1.42 bits per heavy atom. The van der Waals surface area contributed by atoms with E-state index in [1.165, 1.54) is 6.20 Å². The maximum Gasteiger partial charge on any atom is 0.339 e. The van der Waals surface area contributed by atoms with E-state index in [1.807, 2.05) is 18.2 Å². The van der Waals surface area contributed by atoms with Gasteiger partial charge in [-0.3, -0.25) is 5.10 Å². The highest BCUT2D eigenvalue weighted by molar-refractivity contribution is 6.03. The van der Waals surface area contributed by atoms with Crippen LogP contribution in [0.15, 0.2) is 30.6 Å². The molecule has 3 rings (SSSR count). The number of methoxy groups -OCH3 is 1. The summed E-state index contributed by atoms with van der Waals surface area (Å²) in [6.07, 6.45) is 3.05. The van der Waals surface area contributed by atoms with Crippen LogP contribution >= 0.6 is 0 Å². The summed E-state index contributed by atoms with van der Waals surface area (Å²) in [6.45, 7) is 0. The van der Waals surface area contributed by atoms with Crippen molar-refractivity contribution in [2.45, 2.75) is 0 Å². The van der Waals surface area contributed by atoms with Gasteiger partial charge in [0.1, 0.15) is 11.3 Å². The fourth-order valence-electron chi connectivity index (χ4n) is 2.16. The quantitative estimate of drug-likeness (QED) is 0.671. The first kappa shape index (κ1) is 11.3. The maximum absolute atomic E-state index is 11.1. The van der Waals surface area contributed by atoms with Crippen molar-refractivity contribution in [2.75, 3.05) is 7.11 Å². The van der Waals surface area contributed by atoms with E-state index in [0.717, 1.165) is 16.5 Å². The third-order valence-corrected chi connectivity index (χ3v) is 3.04. The van der Waals surface area contributed by atoms with Crippen LogP contribution in [0.3, 0.4) is 0 Å². The summed E-state index contributed by atoms with van der Waals surface area (Å²) >= 11 is 0. The minimum atomic E-state index is -1.01. The number of ether oxygens (including phenoxy) is 1. The van der Waals surface area contributed by atoms with E-state index in [-0.39, 0.29) is 5.56 Å². The number of H-pyrrole nitrogens is 2. The van der Waals surface area contributed by atoms with Gasteiger partial charge in [-0.05, 0) is 6.07 Å². The summed E-state index contributed by atoms with van der Waals surface area (Å²) in [7, 11) is 1.59. The van der Waals surface area contributed by atoms with Gasteiger partial charge in [0.15, 0.2) is 0 Å². The third kappa shape index (κ3) is 1.65. The number of aromatic carboxylic acids is 1. The molecule has 3 N–H and O–H groups in total. The van der Waals surface area contributed by atoms with Gasteiger partial charge in [-0.15, -0.1) is 0 Å². The zero-order valence-corrected chi connectivity index (χ0v) is 10.1. The van der Waals surface area contributed by atoms with Crippen LogP contribution in [-0.4, -0.2) is 33.4 Å².